The summed E-state index contributed by atoms with van der Waals surface area (Å²) in [4.78, 5) is 2.44. The number of rotatable bonds is 4. The van der Waals surface area contributed by atoms with E-state index in [1.165, 1.54) is 6.07 Å². The van der Waals surface area contributed by atoms with Gasteiger partial charge in [0.25, 0.3) is 0 Å². The minimum Gasteiger partial charge on any atom is -0.508 e. The minimum atomic E-state index is 0. The predicted octanol–water partition coefficient (Wildman–Crippen LogP) is 2.93. The molecule has 1 aromatic carbocycles. The van der Waals surface area contributed by atoms with E-state index in [1.807, 2.05) is 0 Å². The summed E-state index contributed by atoms with van der Waals surface area (Å²) >= 11 is 0. The molecule has 1 atom stereocenters. The third-order valence-corrected chi connectivity index (χ3v) is 3.60. The number of halogens is 2. The summed E-state index contributed by atoms with van der Waals surface area (Å²) in [6, 6.07) is 5.19. The van der Waals surface area contributed by atoms with Gasteiger partial charge in [-0.25, -0.2) is 0 Å². The number of hydrogen-bond acceptors (Lipinski definition) is 4. The van der Waals surface area contributed by atoms with Gasteiger partial charge in [0, 0.05) is 38.3 Å². The van der Waals surface area contributed by atoms with Crippen LogP contribution in [0.2, 0.25) is 0 Å². The molecule has 0 amide bonds. The molecule has 0 spiro atoms. The van der Waals surface area contributed by atoms with Crippen molar-refractivity contribution >= 4 is 24.8 Å². The molecule has 1 aliphatic heterocycles. The third kappa shape index (κ3) is 5.91. The normalized spacial score (nSPS) is 16.9. The Bertz CT molecular complexity index is 404. The molecular weight excluding hydrogens is 311 g/mol. The summed E-state index contributed by atoms with van der Waals surface area (Å²) in [6.07, 6.45) is 1.03. The fourth-order valence-electron chi connectivity index (χ4n) is 2.75. The second-order valence-electron chi connectivity index (χ2n) is 5.71. The van der Waals surface area contributed by atoms with Crippen molar-refractivity contribution in [3.8, 4) is 11.5 Å². The average molecular weight is 337 g/mol. The van der Waals surface area contributed by atoms with E-state index in [2.05, 4.69) is 24.1 Å². The number of hydrogen-bond donors (Lipinski definition) is 3. The molecule has 0 bridgehead atoms. The van der Waals surface area contributed by atoms with Crippen LogP contribution in [0.3, 0.4) is 0 Å². The maximum Gasteiger partial charge on any atom is 0.119 e. The van der Waals surface area contributed by atoms with Crippen molar-refractivity contribution in [3.63, 3.8) is 0 Å². The van der Waals surface area contributed by atoms with Gasteiger partial charge in [-0.1, -0.05) is 13.8 Å². The van der Waals surface area contributed by atoms with Crippen LogP contribution in [0.15, 0.2) is 18.2 Å². The number of nitrogens with one attached hydrogen (secondary N) is 1. The van der Waals surface area contributed by atoms with Crippen LogP contribution >= 0.6 is 24.8 Å². The van der Waals surface area contributed by atoms with Crippen LogP contribution < -0.4 is 5.32 Å². The summed E-state index contributed by atoms with van der Waals surface area (Å²) in [5.41, 5.74) is 1.01. The second-order valence-corrected chi connectivity index (χ2v) is 5.71. The highest BCUT2D eigenvalue weighted by molar-refractivity contribution is 5.85. The first kappa shape index (κ1) is 20.3. The predicted molar refractivity (Wildman–Crippen MR) is 90.9 cm³/mol. The van der Waals surface area contributed by atoms with Crippen LogP contribution in [-0.2, 0) is 0 Å². The fourth-order valence-corrected chi connectivity index (χ4v) is 2.75. The van der Waals surface area contributed by atoms with Crippen LogP contribution in [-0.4, -0.2) is 41.3 Å². The van der Waals surface area contributed by atoms with Crippen molar-refractivity contribution in [2.45, 2.75) is 26.3 Å². The molecule has 0 aliphatic carbocycles. The van der Waals surface area contributed by atoms with E-state index < -0.39 is 0 Å². The van der Waals surface area contributed by atoms with Gasteiger partial charge in [0.1, 0.15) is 11.5 Å². The highest BCUT2D eigenvalue weighted by Crippen LogP contribution is 2.32. The monoisotopic (exact) mass is 336 g/mol. The van der Waals surface area contributed by atoms with Gasteiger partial charge in [-0.15, -0.1) is 24.8 Å². The Morgan fingerprint density at radius 1 is 1.05 bits per heavy atom. The lowest BCUT2D eigenvalue weighted by atomic mass is 9.94. The molecule has 3 N–H and O–H groups in total. The van der Waals surface area contributed by atoms with Gasteiger partial charge in [-0.05, 0) is 30.0 Å². The number of phenols is 2. The molecule has 122 valence electrons. The molecular formula is C15H26Cl2N2O2. The maximum absolute atomic E-state index is 9.68. The zero-order chi connectivity index (χ0) is 13.8. The van der Waals surface area contributed by atoms with Gasteiger partial charge in [-0.2, -0.15) is 0 Å². The Labute approximate surface area is 139 Å². The Morgan fingerprint density at radius 3 is 2.05 bits per heavy atom. The molecule has 1 aliphatic rings. The zero-order valence-electron chi connectivity index (χ0n) is 12.6. The molecule has 0 unspecified atom stereocenters. The quantitative estimate of drug-likeness (QED) is 0.791. The SMILES string of the molecule is CC(C)C[C@@H](c1cc(O)cc(O)c1)N1CCNCC1.Cl.Cl. The topological polar surface area (TPSA) is 55.7 Å². The molecule has 1 heterocycles. The summed E-state index contributed by atoms with van der Waals surface area (Å²) in [5, 5.41) is 22.7. The van der Waals surface area contributed by atoms with Crippen molar-refractivity contribution < 1.29 is 10.2 Å². The average Bonchev–Trinajstić information content (AvgIpc) is 2.35. The first-order chi connectivity index (χ1) is 9.06. The number of nitrogens with zero attached hydrogens (tertiary/aromatic N) is 1. The van der Waals surface area contributed by atoms with Gasteiger partial charge >= 0.3 is 0 Å². The van der Waals surface area contributed by atoms with E-state index in [4.69, 9.17) is 0 Å². The lowest BCUT2D eigenvalue weighted by Gasteiger charge is -2.36. The second kappa shape index (κ2) is 9.36. The molecule has 1 saturated heterocycles. The molecule has 0 radical (unpaired) electrons. The van der Waals surface area contributed by atoms with E-state index in [0.717, 1.165) is 38.2 Å². The van der Waals surface area contributed by atoms with E-state index in [9.17, 15) is 10.2 Å². The summed E-state index contributed by atoms with van der Waals surface area (Å²) < 4.78 is 0. The van der Waals surface area contributed by atoms with E-state index in [0.29, 0.717) is 5.92 Å². The molecule has 0 aromatic heterocycles. The maximum atomic E-state index is 9.68. The van der Waals surface area contributed by atoms with Crippen molar-refractivity contribution in [1.82, 2.24) is 10.2 Å². The first-order valence-electron chi connectivity index (χ1n) is 7.04. The van der Waals surface area contributed by atoms with Crippen LogP contribution in [0.5, 0.6) is 11.5 Å². The first-order valence-corrected chi connectivity index (χ1v) is 7.04. The van der Waals surface area contributed by atoms with Crippen molar-refractivity contribution in [3.05, 3.63) is 23.8 Å². The summed E-state index contributed by atoms with van der Waals surface area (Å²) in [6.45, 7) is 8.43. The molecule has 0 saturated carbocycles. The van der Waals surface area contributed by atoms with Crippen molar-refractivity contribution in [2.24, 2.45) is 5.92 Å². The largest absolute Gasteiger partial charge is 0.508 e. The molecule has 21 heavy (non-hydrogen) atoms. The lowest BCUT2D eigenvalue weighted by molar-refractivity contribution is 0.153. The van der Waals surface area contributed by atoms with Crippen LogP contribution in [0.25, 0.3) is 0 Å². The highest BCUT2D eigenvalue weighted by Gasteiger charge is 2.23. The van der Waals surface area contributed by atoms with Gasteiger partial charge in [-0.3, -0.25) is 4.90 Å². The number of benzene rings is 1. The van der Waals surface area contributed by atoms with Crippen molar-refractivity contribution in [1.29, 1.82) is 0 Å². The van der Waals surface area contributed by atoms with Crippen molar-refractivity contribution in [2.75, 3.05) is 26.2 Å². The fraction of sp³-hybridized carbons (Fsp3) is 0.600. The van der Waals surface area contributed by atoms with Gasteiger partial charge < -0.3 is 15.5 Å². The van der Waals surface area contributed by atoms with Crippen LogP contribution in [0.1, 0.15) is 31.9 Å². The molecule has 1 aromatic rings. The zero-order valence-corrected chi connectivity index (χ0v) is 14.2. The minimum absolute atomic E-state index is 0. The Hall–Kier alpha value is -0.680. The van der Waals surface area contributed by atoms with Crippen LogP contribution in [0, 0.1) is 5.92 Å². The molecule has 4 nitrogen and oxygen atoms in total. The van der Waals surface area contributed by atoms with Gasteiger partial charge in [0.2, 0.25) is 0 Å². The molecule has 1 fully saturated rings. The lowest BCUT2D eigenvalue weighted by Crippen LogP contribution is -2.45. The number of aromatic hydroxyl groups is 2. The van der Waals surface area contributed by atoms with Gasteiger partial charge in [0.05, 0.1) is 0 Å². The summed E-state index contributed by atoms with van der Waals surface area (Å²) in [5.74, 6) is 0.849. The Morgan fingerprint density at radius 2 is 1.57 bits per heavy atom. The van der Waals surface area contributed by atoms with E-state index >= 15 is 0 Å². The highest BCUT2D eigenvalue weighted by atomic mass is 35.5. The third-order valence-electron chi connectivity index (χ3n) is 3.60. The Balaban J connectivity index is 0.00000200. The number of piperazine rings is 1. The molecule has 2 rings (SSSR count). The van der Waals surface area contributed by atoms with Gasteiger partial charge in [0.15, 0.2) is 0 Å². The summed E-state index contributed by atoms with van der Waals surface area (Å²) in [7, 11) is 0. The van der Waals surface area contributed by atoms with E-state index in [-0.39, 0.29) is 42.4 Å². The van der Waals surface area contributed by atoms with Crippen LogP contribution in [0.4, 0.5) is 0 Å². The standard InChI is InChI=1S/C15H24N2O2.2ClH/c1-11(2)7-15(17-5-3-16-4-6-17)12-8-13(18)10-14(19)9-12;;/h8-11,15-16,18-19H,3-7H2,1-2H3;2*1H/t15-;;/m0../s1. The smallest absolute Gasteiger partial charge is 0.119 e. The van der Waals surface area contributed by atoms with E-state index in [1.54, 1.807) is 12.1 Å². The molecule has 6 heteroatoms. The number of phenolic OH excluding ortho intramolecular Hbond substituents is 2. The Kier molecular flexibility index (Phi) is 9.06.